The first-order chi connectivity index (χ1) is 10.1. The van der Waals surface area contributed by atoms with Crippen molar-refractivity contribution < 1.29 is 9.53 Å². The van der Waals surface area contributed by atoms with Crippen LogP contribution >= 0.6 is 24.8 Å². The Hall–Kier alpha value is -1.76. The topological polar surface area (TPSA) is 82.2 Å². The number of benzene rings is 1. The molecule has 3 N–H and O–H groups in total. The number of anilines is 1. The maximum absolute atomic E-state index is 11.8. The van der Waals surface area contributed by atoms with Crippen LogP contribution < -0.4 is 15.8 Å². The Bertz CT molecular complexity index is 654. The van der Waals surface area contributed by atoms with Crippen molar-refractivity contribution in [1.82, 2.24) is 9.55 Å². The maximum Gasteiger partial charge on any atom is 0.244 e. The molecule has 0 atom stereocenters. The average molecular weight is 359 g/mol. The monoisotopic (exact) mass is 358 g/mol. The number of nitrogens with zero attached hydrogens (tertiary/aromatic N) is 2. The summed E-state index contributed by atoms with van der Waals surface area (Å²) in [6.45, 7) is 0.404. The van der Waals surface area contributed by atoms with Crippen molar-refractivity contribution in [3.63, 3.8) is 0 Å². The van der Waals surface area contributed by atoms with E-state index in [1.165, 1.54) is 0 Å². The molecule has 1 aliphatic carbocycles. The van der Waals surface area contributed by atoms with E-state index in [-0.39, 0.29) is 30.7 Å². The van der Waals surface area contributed by atoms with Crippen LogP contribution in [0.5, 0.6) is 5.75 Å². The largest absolute Gasteiger partial charge is 0.486 e. The first-order valence-corrected chi connectivity index (χ1v) is 6.86. The summed E-state index contributed by atoms with van der Waals surface area (Å²) in [6, 6.07) is 7.23. The summed E-state index contributed by atoms with van der Waals surface area (Å²) in [5.74, 6) is 1.46. The second kappa shape index (κ2) is 7.68. The lowest BCUT2D eigenvalue weighted by atomic mass is 10.2. The molecule has 0 bridgehead atoms. The fourth-order valence-corrected chi connectivity index (χ4v) is 1.94. The van der Waals surface area contributed by atoms with Crippen molar-refractivity contribution >= 4 is 36.4 Å². The zero-order valence-electron chi connectivity index (χ0n) is 12.7. The zero-order valence-corrected chi connectivity index (χ0v) is 14.3. The predicted molar refractivity (Wildman–Crippen MR) is 93.3 cm³/mol. The van der Waals surface area contributed by atoms with Gasteiger partial charge in [-0.2, -0.15) is 0 Å². The molecule has 6 nitrogen and oxygen atoms in total. The Morgan fingerprint density at radius 3 is 2.52 bits per heavy atom. The molecular weight excluding hydrogens is 339 g/mol. The van der Waals surface area contributed by atoms with Gasteiger partial charge < -0.3 is 20.4 Å². The molecule has 1 heterocycles. The van der Waals surface area contributed by atoms with Crippen LogP contribution in [-0.2, 0) is 18.4 Å². The number of carbonyl (C=O) groups excluding carboxylic acids is 1. The van der Waals surface area contributed by atoms with Crippen molar-refractivity contribution in [1.29, 1.82) is 0 Å². The maximum atomic E-state index is 11.8. The number of rotatable bonds is 5. The molecule has 1 aromatic heterocycles. The molecule has 0 unspecified atom stereocenters. The molecule has 8 heteroatoms. The van der Waals surface area contributed by atoms with Crippen LogP contribution in [0.1, 0.15) is 18.7 Å². The van der Waals surface area contributed by atoms with Gasteiger partial charge in [-0.05, 0) is 37.1 Å². The van der Waals surface area contributed by atoms with Gasteiger partial charge in [0.25, 0.3) is 0 Å². The third kappa shape index (κ3) is 4.60. The van der Waals surface area contributed by atoms with E-state index in [2.05, 4.69) is 10.3 Å². The number of amides is 1. The minimum absolute atomic E-state index is 0. The van der Waals surface area contributed by atoms with Crippen molar-refractivity contribution in [2.75, 3.05) is 5.32 Å². The normalized spacial score (nSPS) is 14.2. The lowest BCUT2D eigenvalue weighted by Gasteiger charge is -2.11. The van der Waals surface area contributed by atoms with Gasteiger partial charge in [0, 0.05) is 25.1 Å². The smallest absolute Gasteiger partial charge is 0.244 e. The highest BCUT2D eigenvalue weighted by molar-refractivity contribution is 6.00. The van der Waals surface area contributed by atoms with Gasteiger partial charge in [0.1, 0.15) is 18.2 Å². The summed E-state index contributed by atoms with van der Waals surface area (Å²) in [6.07, 6.45) is 5.11. The van der Waals surface area contributed by atoms with Crippen LogP contribution in [0.3, 0.4) is 0 Å². The van der Waals surface area contributed by atoms with E-state index in [9.17, 15) is 4.79 Å². The Morgan fingerprint density at radius 2 is 2.00 bits per heavy atom. The third-order valence-electron chi connectivity index (χ3n) is 3.64. The number of hydrogen-bond acceptors (Lipinski definition) is 4. The first-order valence-electron chi connectivity index (χ1n) is 6.86. The lowest BCUT2D eigenvalue weighted by Crippen LogP contribution is -2.37. The van der Waals surface area contributed by atoms with E-state index in [4.69, 9.17) is 10.5 Å². The number of halogens is 2. The van der Waals surface area contributed by atoms with Gasteiger partial charge in [0.15, 0.2) is 0 Å². The predicted octanol–water partition coefficient (Wildman–Crippen LogP) is 2.27. The number of aromatic nitrogens is 2. The van der Waals surface area contributed by atoms with Gasteiger partial charge in [-0.3, -0.25) is 4.79 Å². The second-order valence-corrected chi connectivity index (χ2v) is 5.38. The number of hydrogen-bond donors (Lipinski definition) is 2. The summed E-state index contributed by atoms with van der Waals surface area (Å²) in [5, 5.41) is 2.81. The Kier molecular flexibility index (Phi) is 6.44. The van der Waals surface area contributed by atoms with Crippen molar-refractivity contribution in [3.05, 3.63) is 42.5 Å². The van der Waals surface area contributed by atoms with Gasteiger partial charge in [0.05, 0.1) is 5.54 Å². The van der Waals surface area contributed by atoms with E-state index in [1.807, 2.05) is 29.9 Å². The Balaban J connectivity index is 0.00000132. The molecule has 2 aromatic rings. The molecule has 0 aliphatic heterocycles. The van der Waals surface area contributed by atoms with Gasteiger partial charge in [0.2, 0.25) is 5.91 Å². The molecule has 23 heavy (non-hydrogen) atoms. The van der Waals surface area contributed by atoms with E-state index in [1.54, 1.807) is 18.3 Å². The van der Waals surface area contributed by atoms with Crippen molar-refractivity contribution in [2.24, 2.45) is 12.8 Å². The zero-order chi connectivity index (χ0) is 14.9. The van der Waals surface area contributed by atoms with Crippen LogP contribution in [0, 0.1) is 0 Å². The van der Waals surface area contributed by atoms with Gasteiger partial charge in [-0.15, -0.1) is 24.8 Å². The highest BCUT2D eigenvalue weighted by Gasteiger charge is 2.45. The SMILES string of the molecule is Cl.Cl.Cn1ccnc1COc1ccc(NC(=O)C2(N)CC2)cc1. The van der Waals surface area contributed by atoms with E-state index >= 15 is 0 Å². The van der Waals surface area contributed by atoms with Crippen molar-refractivity contribution in [3.8, 4) is 5.75 Å². The molecule has 3 rings (SSSR count). The van der Waals surface area contributed by atoms with Crippen LogP contribution in [0.4, 0.5) is 5.69 Å². The van der Waals surface area contributed by atoms with Crippen LogP contribution in [0.2, 0.25) is 0 Å². The summed E-state index contributed by atoms with van der Waals surface area (Å²) in [7, 11) is 1.92. The van der Waals surface area contributed by atoms with E-state index in [0.717, 1.165) is 30.1 Å². The minimum atomic E-state index is -0.659. The first kappa shape index (κ1) is 19.3. The summed E-state index contributed by atoms with van der Waals surface area (Å²) in [4.78, 5) is 16.0. The number of nitrogens with one attached hydrogen (secondary N) is 1. The fraction of sp³-hybridized carbons (Fsp3) is 0.333. The van der Waals surface area contributed by atoms with Crippen LogP contribution in [0.25, 0.3) is 0 Å². The molecule has 1 aromatic carbocycles. The number of nitrogens with two attached hydrogens (primary N) is 1. The minimum Gasteiger partial charge on any atom is -0.486 e. The van der Waals surface area contributed by atoms with Gasteiger partial charge in [-0.1, -0.05) is 0 Å². The molecular formula is C15H20Cl2N4O2. The number of ether oxygens (including phenoxy) is 1. The molecule has 1 saturated carbocycles. The quantitative estimate of drug-likeness (QED) is 0.858. The standard InChI is InChI=1S/C15H18N4O2.2ClH/c1-19-9-8-17-13(19)10-21-12-4-2-11(3-5-12)18-14(20)15(16)6-7-15;;/h2-5,8-9H,6-7,10,16H2,1H3,(H,18,20);2*1H. The molecule has 1 amide bonds. The van der Waals surface area contributed by atoms with Gasteiger partial charge >= 0.3 is 0 Å². The molecule has 0 radical (unpaired) electrons. The Labute approximate surface area is 147 Å². The highest BCUT2D eigenvalue weighted by Crippen LogP contribution is 2.33. The molecule has 126 valence electrons. The number of aryl methyl sites for hydroxylation is 1. The summed E-state index contributed by atoms with van der Waals surface area (Å²) >= 11 is 0. The molecule has 0 saturated heterocycles. The van der Waals surface area contributed by atoms with Crippen molar-refractivity contribution in [2.45, 2.75) is 25.0 Å². The fourth-order valence-electron chi connectivity index (χ4n) is 1.94. The lowest BCUT2D eigenvalue weighted by molar-refractivity contribution is -0.118. The van der Waals surface area contributed by atoms with Crippen LogP contribution in [0.15, 0.2) is 36.7 Å². The molecule has 1 fully saturated rings. The number of carbonyl (C=O) groups is 1. The molecule has 0 spiro atoms. The van der Waals surface area contributed by atoms with E-state index in [0.29, 0.717) is 6.61 Å². The molecule has 1 aliphatic rings. The second-order valence-electron chi connectivity index (χ2n) is 5.38. The summed E-state index contributed by atoms with van der Waals surface area (Å²) < 4.78 is 7.56. The highest BCUT2D eigenvalue weighted by atomic mass is 35.5. The third-order valence-corrected chi connectivity index (χ3v) is 3.64. The van der Waals surface area contributed by atoms with E-state index < -0.39 is 5.54 Å². The number of imidazole rings is 1. The Morgan fingerprint density at radius 1 is 1.35 bits per heavy atom. The summed E-state index contributed by atoms with van der Waals surface area (Å²) in [5.41, 5.74) is 5.90. The average Bonchev–Trinajstić information content (AvgIpc) is 3.10. The van der Waals surface area contributed by atoms with Crippen LogP contribution in [-0.4, -0.2) is 21.0 Å². The van der Waals surface area contributed by atoms with Gasteiger partial charge in [-0.25, -0.2) is 4.98 Å².